The Balaban J connectivity index is 2.53. The van der Waals surface area contributed by atoms with E-state index in [9.17, 15) is 4.39 Å². The molecule has 0 atom stereocenters. The molecular formula is C7H10FN3O2. The maximum absolute atomic E-state index is 12.6. The highest BCUT2D eigenvalue weighted by atomic mass is 19.1. The number of nitrogen functional groups attached to an aromatic ring is 1. The minimum Gasteiger partial charge on any atom is -0.461 e. The van der Waals surface area contributed by atoms with E-state index < -0.39 is 5.82 Å². The molecule has 72 valence electrons. The smallest absolute Gasteiger partial charge is 0.318 e. The van der Waals surface area contributed by atoms with Crippen LogP contribution in [0.4, 0.5) is 10.2 Å². The van der Waals surface area contributed by atoms with Gasteiger partial charge in [0.05, 0.1) is 12.8 Å². The molecule has 0 saturated heterocycles. The number of nitrogens with two attached hydrogens (primary N) is 1. The minimum atomic E-state index is -0.654. The fraction of sp³-hybridized carbons (Fsp3) is 0.429. The van der Waals surface area contributed by atoms with Crippen molar-refractivity contribution in [3.63, 3.8) is 0 Å². The van der Waals surface area contributed by atoms with Gasteiger partial charge in [-0.05, 0) is 0 Å². The zero-order chi connectivity index (χ0) is 9.68. The van der Waals surface area contributed by atoms with Crippen molar-refractivity contribution in [2.75, 3.05) is 26.1 Å². The first-order chi connectivity index (χ1) is 6.24. The van der Waals surface area contributed by atoms with Crippen molar-refractivity contribution in [3.05, 3.63) is 12.0 Å². The monoisotopic (exact) mass is 187 g/mol. The van der Waals surface area contributed by atoms with E-state index in [1.165, 1.54) is 0 Å². The molecule has 1 aromatic heterocycles. The van der Waals surface area contributed by atoms with Crippen LogP contribution in [0.15, 0.2) is 6.20 Å². The summed E-state index contributed by atoms with van der Waals surface area (Å²) in [5, 5.41) is 0. The number of aromatic nitrogens is 2. The Morgan fingerprint density at radius 3 is 2.92 bits per heavy atom. The zero-order valence-corrected chi connectivity index (χ0v) is 7.16. The number of anilines is 1. The molecule has 0 aliphatic carbocycles. The van der Waals surface area contributed by atoms with Crippen LogP contribution in [0.25, 0.3) is 0 Å². The molecule has 0 bridgehead atoms. The summed E-state index contributed by atoms with van der Waals surface area (Å²) in [6, 6.07) is 0.0518. The van der Waals surface area contributed by atoms with E-state index in [0.29, 0.717) is 13.2 Å². The maximum atomic E-state index is 12.6. The number of halogens is 1. The average molecular weight is 187 g/mol. The van der Waals surface area contributed by atoms with Crippen LogP contribution in [-0.4, -0.2) is 30.3 Å². The van der Waals surface area contributed by atoms with Crippen molar-refractivity contribution < 1.29 is 13.9 Å². The van der Waals surface area contributed by atoms with Gasteiger partial charge in [-0.15, -0.1) is 0 Å². The highest BCUT2D eigenvalue weighted by Gasteiger charge is 2.03. The van der Waals surface area contributed by atoms with Crippen LogP contribution in [0.1, 0.15) is 0 Å². The average Bonchev–Trinajstić information content (AvgIpc) is 2.12. The standard InChI is InChI=1S/C7H10FN3O2/c1-12-2-3-13-7-10-4-5(8)6(9)11-7/h4H,2-3H2,1H3,(H2,9,10,11). The summed E-state index contributed by atoms with van der Waals surface area (Å²) in [6.45, 7) is 0.724. The summed E-state index contributed by atoms with van der Waals surface area (Å²) in [4.78, 5) is 7.13. The van der Waals surface area contributed by atoms with Crippen LogP contribution >= 0.6 is 0 Å². The first-order valence-electron chi connectivity index (χ1n) is 3.64. The molecule has 0 unspecified atom stereocenters. The summed E-state index contributed by atoms with van der Waals surface area (Å²) in [5.74, 6) is -0.874. The molecule has 2 N–H and O–H groups in total. The van der Waals surface area contributed by atoms with Gasteiger partial charge < -0.3 is 15.2 Å². The second-order valence-corrected chi connectivity index (χ2v) is 2.23. The molecule has 6 heteroatoms. The third kappa shape index (κ3) is 2.83. The fourth-order valence-corrected chi connectivity index (χ4v) is 0.649. The number of hydrogen-bond acceptors (Lipinski definition) is 5. The molecule has 5 nitrogen and oxygen atoms in total. The highest BCUT2D eigenvalue weighted by Crippen LogP contribution is 2.08. The van der Waals surface area contributed by atoms with Crippen LogP contribution in [0, 0.1) is 5.82 Å². The van der Waals surface area contributed by atoms with Crippen molar-refractivity contribution in [2.24, 2.45) is 0 Å². The zero-order valence-electron chi connectivity index (χ0n) is 7.16. The molecule has 0 fully saturated rings. The van der Waals surface area contributed by atoms with Gasteiger partial charge in [0.25, 0.3) is 0 Å². The van der Waals surface area contributed by atoms with Gasteiger partial charge in [-0.25, -0.2) is 9.37 Å². The van der Waals surface area contributed by atoms with Crippen LogP contribution in [0.3, 0.4) is 0 Å². The molecule has 13 heavy (non-hydrogen) atoms. The number of methoxy groups -OCH3 is 1. The van der Waals surface area contributed by atoms with Gasteiger partial charge in [-0.1, -0.05) is 0 Å². The normalized spacial score (nSPS) is 10.0. The number of nitrogens with zero attached hydrogens (tertiary/aromatic N) is 2. The molecule has 0 aliphatic heterocycles. The summed E-state index contributed by atoms with van der Waals surface area (Å²) in [5.41, 5.74) is 5.19. The Hall–Kier alpha value is -1.43. The fourth-order valence-electron chi connectivity index (χ4n) is 0.649. The lowest BCUT2D eigenvalue weighted by atomic mass is 10.6. The van der Waals surface area contributed by atoms with Gasteiger partial charge in [0, 0.05) is 7.11 Å². The summed E-state index contributed by atoms with van der Waals surface area (Å²) in [7, 11) is 1.54. The van der Waals surface area contributed by atoms with Crippen molar-refractivity contribution in [1.82, 2.24) is 9.97 Å². The van der Waals surface area contributed by atoms with E-state index in [0.717, 1.165) is 6.20 Å². The van der Waals surface area contributed by atoms with Crippen LogP contribution in [0.5, 0.6) is 6.01 Å². The van der Waals surface area contributed by atoms with E-state index in [-0.39, 0.29) is 11.8 Å². The van der Waals surface area contributed by atoms with Crippen LogP contribution in [0.2, 0.25) is 0 Å². The van der Waals surface area contributed by atoms with E-state index in [1.54, 1.807) is 7.11 Å². The second kappa shape index (κ2) is 4.56. The Kier molecular flexibility index (Phi) is 3.39. The molecule has 1 aromatic rings. The summed E-state index contributed by atoms with van der Waals surface area (Å²) < 4.78 is 22.3. The SMILES string of the molecule is COCCOc1ncc(F)c(N)n1. The van der Waals surface area contributed by atoms with Crippen LogP contribution in [-0.2, 0) is 4.74 Å². The quantitative estimate of drug-likeness (QED) is 0.683. The van der Waals surface area contributed by atoms with Crippen LogP contribution < -0.4 is 10.5 Å². The van der Waals surface area contributed by atoms with Crippen molar-refractivity contribution in [2.45, 2.75) is 0 Å². The molecular weight excluding hydrogens is 177 g/mol. The van der Waals surface area contributed by atoms with Gasteiger partial charge in [0.1, 0.15) is 6.61 Å². The topological polar surface area (TPSA) is 70.3 Å². The Morgan fingerprint density at radius 2 is 2.31 bits per heavy atom. The molecule has 0 spiro atoms. The number of rotatable bonds is 4. The van der Waals surface area contributed by atoms with E-state index in [1.807, 2.05) is 0 Å². The molecule has 1 rings (SSSR count). The Labute approximate surface area is 74.7 Å². The Bertz CT molecular complexity index is 282. The summed E-state index contributed by atoms with van der Waals surface area (Å²) >= 11 is 0. The molecule has 1 heterocycles. The van der Waals surface area contributed by atoms with Crippen molar-refractivity contribution >= 4 is 5.82 Å². The lowest BCUT2D eigenvalue weighted by Crippen LogP contribution is -2.08. The third-order valence-electron chi connectivity index (χ3n) is 1.27. The van der Waals surface area contributed by atoms with Gasteiger partial charge in [0.2, 0.25) is 0 Å². The van der Waals surface area contributed by atoms with Crippen molar-refractivity contribution in [1.29, 1.82) is 0 Å². The molecule has 0 aromatic carbocycles. The highest BCUT2D eigenvalue weighted by molar-refractivity contribution is 5.28. The van der Waals surface area contributed by atoms with E-state index in [4.69, 9.17) is 15.2 Å². The molecule has 0 amide bonds. The molecule has 0 saturated carbocycles. The maximum Gasteiger partial charge on any atom is 0.318 e. The van der Waals surface area contributed by atoms with E-state index in [2.05, 4.69) is 9.97 Å². The van der Waals surface area contributed by atoms with Gasteiger partial charge in [0.15, 0.2) is 11.6 Å². The first kappa shape index (κ1) is 9.66. The minimum absolute atomic E-state index is 0.0518. The summed E-state index contributed by atoms with van der Waals surface area (Å²) in [6.07, 6.45) is 0.963. The Morgan fingerprint density at radius 1 is 1.54 bits per heavy atom. The predicted octanol–water partition coefficient (Wildman–Crippen LogP) is 0.223. The van der Waals surface area contributed by atoms with E-state index >= 15 is 0 Å². The number of hydrogen-bond donors (Lipinski definition) is 1. The third-order valence-corrected chi connectivity index (χ3v) is 1.27. The largest absolute Gasteiger partial charge is 0.461 e. The molecule has 0 aliphatic rings. The lowest BCUT2D eigenvalue weighted by molar-refractivity contribution is 0.140. The van der Waals surface area contributed by atoms with Gasteiger partial charge in [-0.2, -0.15) is 4.98 Å². The lowest BCUT2D eigenvalue weighted by Gasteiger charge is -2.03. The van der Waals surface area contributed by atoms with Crippen molar-refractivity contribution in [3.8, 4) is 6.01 Å². The second-order valence-electron chi connectivity index (χ2n) is 2.23. The van der Waals surface area contributed by atoms with Gasteiger partial charge >= 0.3 is 6.01 Å². The number of ether oxygens (including phenoxy) is 2. The molecule has 0 radical (unpaired) electrons. The first-order valence-corrected chi connectivity index (χ1v) is 3.64. The van der Waals surface area contributed by atoms with Gasteiger partial charge in [-0.3, -0.25) is 0 Å². The predicted molar refractivity (Wildman–Crippen MR) is 43.8 cm³/mol.